The molecule has 1 saturated heterocycles. The highest BCUT2D eigenvalue weighted by Crippen LogP contribution is 2.09. The highest BCUT2D eigenvalue weighted by Gasteiger charge is 2.31. The molecular formula is C11H19N3O4. The first-order chi connectivity index (χ1) is 8.40. The molecule has 0 aromatic heterocycles. The van der Waals surface area contributed by atoms with Crippen LogP contribution >= 0.6 is 0 Å². The fourth-order valence-electron chi connectivity index (χ4n) is 1.77. The molecule has 2 amide bonds. The Morgan fingerprint density at radius 1 is 1.39 bits per heavy atom. The fourth-order valence-corrected chi connectivity index (χ4v) is 1.77. The average molecular weight is 257 g/mol. The Bertz CT molecular complexity index is 343. The second kappa shape index (κ2) is 6.34. The quantitative estimate of drug-likeness (QED) is 0.620. The van der Waals surface area contributed by atoms with E-state index in [1.807, 2.05) is 19.0 Å². The van der Waals surface area contributed by atoms with E-state index in [1.54, 1.807) is 0 Å². The molecule has 0 spiro atoms. The van der Waals surface area contributed by atoms with E-state index >= 15 is 0 Å². The standard InChI is InChI=1S/C11H19N3O4/c1-13(2)5-6-14(7-10(16)17)11(18)8-3-4-9(15)12-8/h8H,3-7H2,1-2H3,(H,12,15)(H,16,17)/t8-/m0/s1. The van der Waals surface area contributed by atoms with Gasteiger partial charge in [0.2, 0.25) is 11.8 Å². The number of carboxylic acids is 1. The summed E-state index contributed by atoms with van der Waals surface area (Å²) >= 11 is 0. The van der Waals surface area contributed by atoms with Gasteiger partial charge < -0.3 is 20.2 Å². The number of aliphatic carboxylic acids is 1. The van der Waals surface area contributed by atoms with Gasteiger partial charge in [-0.05, 0) is 20.5 Å². The second-order valence-corrected chi connectivity index (χ2v) is 4.62. The van der Waals surface area contributed by atoms with Crippen molar-refractivity contribution in [3.05, 3.63) is 0 Å². The van der Waals surface area contributed by atoms with Crippen LogP contribution in [-0.2, 0) is 14.4 Å². The topological polar surface area (TPSA) is 90.0 Å². The molecule has 18 heavy (non-hydrogen) atoms. The zero-order valence-electron chi connectivity index (χ0n) is 10.7. The Labute approximate surface area is 106 Å². The van der Waals surface area contributed by atoms with Gasteiger partial charge in [-0.2, -0.15) is 0 Å². The first-order valence-corrected chi connectivity index (χ1v) is 5.85. The summed E-state index contributed by atoms with van der Waals surface area (Å²) in [6, 6.07) is -0.570. The lowest BCUT2D eigenvalue weighted by Crippen LogP contribution is -2.48. The van der Waals surface area contributed by atoms with Gasteiger partial charge >= 0.3 is 5.97 Å². The molecule has 7 nitrogen and oxygen atoms in total. The van der Waals surface area contributed by atoms with Crippen LogP contribution in [0.5, 0.6) is 0 Å². The first-order valence-electron chi connectivity index (χ1n) is 5.85. The maximum atomic E-state index is 12.1. The van der Waals surface area contributed by atoms with Gasteiger partial charge in [0.05, 0.1) is 0 Å². The third-order valence-corrected chi connectivity index (χ3v) is 2.75. The number of carboxylic acid groups (broad SMARTS) is 1. The highest BCUT2D eigenvalue weighted by molar-refractivity contribution is 5.92. The second-order valence-electron chi connectivity index (χ2n) is 4.62. The molecule has 0 saturated carbocycles. The number of hydrogen-bond acceptors (Lipinski definition) is 4. The van der Waals surface area contributed by atoms with Crippen LogP contribution in [-0.4, -0.2) is 72.5 Å². The summed E-state index contributed by atoms with van der Waals surface area (Å²) in [5.74, 6) is -1.52. The van der Waals surface area contributed by atoms with Crippen molar-refractivity contribution < 1.29 is 19.5 Å². The maximum absolute atomic E-state index is 12.1. The predicted molar refractivity (Wildman–Crippen MR) is 63.9 cm³/mol. The van der Waals surface area contributed by atoms with Crippen molar-refractivity contribution in [2.45, 2.75) is 18.9 Å². The normalized spacial score (nSPS) is 18.8. The molecule has 1 fully saturated rings. The summed E-state index contributed by atoms with van der Waals surface area (Å²) in [5, 5.41) is 11.4. The predicted octanol–water partition coefficient (Wildman–Crippen LogP) is -1.26. The van der Waals surface area contributed by atoms with Crippen molar-refractivity contribution >= 4 is 17.8 Å². The smallest absolute Gasteiger partial charge is 0.323 e. The summed E-state index contributed by atoms with van der Waals surface area (Å²) in [6.07, 6.45) is 0.765. The van der Waals surface area contributed by atoms with E-state index in [0.29, 0.717) is 25.9 Å². The molecule has 0 radical (unpaired) electrons. The zero-order valence-corrected chi connectivity index (χ0v) is 10.7. The summed E-state index contributed by atoms with van der Waals surface area (Å²) in [6.45, 7) is 0.587. The molecule has 2 N–H and O–H groups in total. The summed E-state index contributed by atoms with van der Waals surface area (Å²) < 4.78 is 0. The average Bonchev–Trinajstić information content (AvgIpc) is 2.69. The summed E-state index contributed by atoms with van der Waals surface area (Å²) in [7, 11) is 3.70. The lowest BCUT2D eigenvalue weighted by atomic mass is 10.2. The van der Waals surface area contributed by atoms with E-state index in [0.717, 1.165) is 0 Å². The summed E-state index contributed by atoms with van der Waals surface area (Å²) in [4.78, 5) is 37.0. The lowest BCUT2D eigenvalue weighted by molar-refractivity contribution is -0.145. The van der Waals surface area contributed by atoms with Crippen LogP contribution in [0.3, 0.4) is 0 Å². The molecule has 0 aliphatic carbocycles. The van der Waals surface area contributed by atoms with E-state index in [4.69, 9.17) is 5.11 Å². The number of amides is 2. The van der Waals surface area contributed by atoms with Gasteiger partial charge in [-0.3, -0.25) is 14.4 Å². The third-order valence-electron chi connectivity index (χ3n) is 2.75. The molecule has 0 aromatic rings. The SMILES string of the molecule is CN(C)CCN(CC(=O)O)C(=O)[C@@H]1CCC(=O)N1. The van der Waals surface area contributed by atoms with Crippen LogP contribution < -0.4 is 5.32 Å². The largest absolute Gasteiger partial charge is 0.480 e. The van der Waals surface area contributed by atoms with Crippen LogP contribution in [0.2, 0.25) is 0 Å². The number of likely N-dealkylation sites (N-methyl/N-ethyl adjacent to an activating group) is 1. The van der Waals surface area contributed by atoms with Crippen molar-refractivity contribution in [1.29, 1.82) is 0 Å². The number of carbonyl (C=O) groups is 3. The molecule has 7 heteroatoms. The van der Waals surface area contributed by atoms with E-state index in [-0.39, 0.29) is 18.4 Å². The van der Waals surface area contributed by atoms with Crippen LogP contribution in [0.25, 0.3) is 0 Å². The van der Waals surface area contributed by atoms with Crippen molar-refractivity contribution in [2.75, 3.05) is 33.7 Å². The van der Waals surface area contributed by atoms with E-state index in [9.17, 15) is 14.4 Å². The minimum atomic E-state index is -1.05. The van der Waals surface area contributed by atoms with Gasteiger partial charge in [-0.15, -0.1) is 0 Å². The van der Waals surface area contributed by atoms with E-state index in [2.05, 4.69) is 5.32 Å². The molecule has 102 valence electrons. The van der Waals surface area contributed by atoms with Crippen molar-refractivity contribution in [1.82, 2.24) is 15.1 Å². The van der Waals surface area contributed by atoms with Gasteiger partial charge in [0.25, 0.3) is 0 Å². The van der Waals surface area contributed by atoms with Crippen molar-refractivity contribution in [3.8, 4) is 0 Å². The van der Waals surface area contributed by atoms with Crippen molar-refractivity contribution in [2.24, 2.45) is 0 Å². The molecule has 1 heterocycles. The van der Waals surface area contributed by atoms with Gasteiger partial charge in [0.15, 0.2) is 0 Å². The van der Waals surface area contributed by atoms with Crippen LogP contribution in [0.4, 0.5) is 0 Å². The monoisotopic (exact) mass is 257 g/mol. The summed E-state index contributed by atoms with van der Waals surface area (Å²) in [5.41, 5.74) is 0. The molecule has 1 rings (SSSR count). The molecule has 1 aliphatic rings. The number of carbonyl (C=O) groups excluding carboxylic acids is 2. The first kappa shape index (κ1) is 14.4. The Kier molecular flexibility index (Phi) is 5.08. The van der Waals surface area contributed by atoms with Crippen LogP contribution in [0.15, 0.2) is 0 Å². The Hall–Kier alpha value is -1.63. The molecule has 1 atom stereocenters. The molecule has 0 aromatic carbocycles. The van der Waals surface area contributed by atoms with Crippen LogP contribution in [0, 0.1) is 0 Å². The van der Waals surface area contributed by atoms with E-state index in [1.165, 1.54) is 4.90 Å². The number of hydrogen-bond donors (Lipinski definition) is 2. The number of rotatable bonds is 6. The van der Waals surface area contributed by atoms with Crippen molar-refractivity contribution in [3.63, 3.8) is 0 Å². The van der Waals surface area contributed by atoms with Gasteiger partial charge in [-0.1, -0.05) is 0 Å². The molecule has 0 bridgehead atoms. The van der Waals surface area contributed by atoms with E-state index < -0.39 is 12.0 Å². The number of nitrogens with one attached hydrogen (secondary N) is 1. The maximum Gasteiger partial charge on any atom is 0.323 e. The Balaban J connectivity index is 2.60. The fraction of sp³-hybridized carbons (Fsp3) is 0.727. The zero-order chi connectivity index (χ0) is 13.7. The van der Waals surface area contributed by atoms with Gasteiger partial charge in [-0.25, -0.2) is 0 Å². The van der Waals surface area contributed by atoms with Crippen LogP contribution in [0.1, 0.15) is 12.8 Å². The Morgan fingerprint density at radius 2 is 2.06 bits per heavy atom. The number of nitrogens with zero attached hydrogens (tertiary/aromatic N) is 2. The van der Waals surface area contributed by atoms with Gasteiger partial charge in [0.1, 0.15) is 12.6 Å². The molecule has 0 unspecified atom stereocenters. The highest BCUT2D eigenvalue weighted by atomic mass is 16.4. The van der Waals surface area contributed by atoms with Gasteiger partial charge in [0, 0.05) is 19.5 Å². The lowest BCUT2D eigenvalue weighted by Gasteiger charge is -2.25. The minimum Gasteiger partial charge on any atom is -0.480 e. The third kappa shape index (κ3) is 4.33. The Morgan fingerprint density at radius 3 is 2.50 bits per heavy atom. The molecular weight excluding hydrogens is 238 g/mol. The minimum absolute atomic E-state index is 0.156. The molecule has 1 aliphatic heterocycles.